The minimum absolute atomic E-state index is 0.156. The molecule has 2 amide bonds. The summed E-state index contributed by atoms with van der Waals surface area (Å²) in [6, 6.07) is 2.26. The molecule has 1 aliphatic rings. The maximum atomic E-state index is 12.0. The first-order chi connectivity index (χ1) is 11.1. The maximum Gasteiger partial charge on any atom is 0.309 e. The van der Waals surface area contributed by atoms with Gasteiger partial charge in [-0.3, -0.25) is 14.5 Å². The summed E-state index contributed by atoms with van der Waals surface area (Å²) in [6.45, 7) is 7.10. The summed E-state index contributed by atoms with van der Waals surface area (Å²) < 4.78 is 0. The average molecular weight is 337 g/mol. The summed E-state index contributed by atoms with van der Waals surface area (Å²) in [5.41, 5.74) is 1.22. The van der Waals surface area contributed by atoms with E-state index in [1.165, 1.54) is 24.8 Å². The van der Waals surface area contributed by atoms with Gasteiger partial charge in [-0.25, -0.2) is 0 Å². The normalized spacial score (nSPS) is 17.0. The van der Waals surface area contributed by atoms with Crippen molar-refractivity contribution in [2.75, 3.05) is 26.2 Å². The number of rotatable bonds is 6. The fourth-order valence-corrected chi connectivity index (χ4v) is 3.51. The fraction of sp³-hybridized carbons (Fsp3) is 0.647. The Hall–Kier alpha value is -1.40. The van der Waals surface area contributed by atoms with Crippen LogP contribution in [-0.2, 0) is 9.59 Å². The predicted octanol–water partition coefficient (Wildman–Crippen LogP) is 2.16. The molecule has 0 aliphatic carbocycles. The standard InChI is InChI=1S/C17H27N3O2S/c1-13(2)10-18-16(21)17(22)19-11-15(14-6-9-23-12-14)20-7-4-3-5-8-20/h6,9,12-13,15H,3-5,7-8,10-11H2,1-2H3,(H,18,21)(H,19,22). The Bertz CT molecular complexity index is 496. The summed E-state index contributed by atoms with van der Waals surface area (Å²) in [5, 5.41) is 9.65. The molecule has 2 heterocycles. The molecular weight excluding hydrogens is 310 g/mol. The number of nitrogens with zero attached hydrogens (tertiary/aromatic N) is 1. The Kier molecular flexibility index (Phi) is 7.05. The molecule has 2 rings (SSSR count). The van der Waals surface area contributed by atoms with E-state index in [2.05, 4.69) is 32.4 Å². The highest BCUT2D eigenvalue weighted by Crippen LogP contribution is 2.25. The molecule has 0 spiro atoms. The third-order valence-corrected chi connectivity index (χ3v) is 4.79. The van der Waals surface area contributed by atoms with E-state index in [-0.39, 0.29) is 6.04 Å². The second-order valence-corrected chi connectivity index (χ2v) is 7.26. The second kappa shape index (κ2) is 9.03. The van der Waals surface area contributed by atoms with Crippen molar-refractivity contribution in [3.8, 4) is 0 Å². The van der Waals surface area contributed by atoms with Crippen LogP contribution >= 0.6 is 11.3 Å². The van der Waals surface area contributed by atoms with E-state index in [0.717, 1.165) is 13.1 Å². The highest BCUT2D eigenvalue weighted by Gasteiger charge is 2.24. The first-order valence-corrected chi connectivity index (χ1v) is 9.34. The molecule has 6 heteroatoms. The molecule has 0 bridgehead atoms. The first-order valence-electron chi connectivity index (χ1n) is 8.40. The number of hydrogen-bond donors (Lipinski definition) is 2. The molecule has 23 heavy (non-hydrogen) atoms. The maximum absolute atomic E-state index is 12.0. The SMILES string of the molecule is CC(C)CNC(=O)C(=O)NCC(c1ccsc1)N1CCCCC1. The lowest BCUT2D eigenvalue weighted by molar-refractivity contribution is -0.139. The van der Waals surface area contributed by atoms with Crippen molar-refractivity contribution in [3.05, 3.63) is 22.4 Å². The number of nitrogens with one attached hydrogen (secondary N) is 2. The molecule has 1 aromatic heterocycles. The topological polar surface area (TPSA) is 61.4 Å². The highest BCUT2D eigenvalue weighted by atomic mass is 32.1. The number of carbonyl (C=O) groups excluding carboxylic acids is 2. The van der Waals surface area contributed by atoms with Gasteiger partial charge in [0.15, 0.2) is 0 Å². The van der Waals surface area contributed by atoms with Crippen molar-refractivity contribution < 1.29 is 9.59 Å². The Morgan fingerprint density at radius 1 is 1.13 bits per heavy atom. The van der Waals surface area contributed by atoms with Gasteiger partial charge in [-0.2, -0.15) is 11.3 Å². The van der Waals surface area contributed by atoms with Crippen LogP contribution in [0.5, 0.6) is 0 Å². The molecule has 0 aromatic carbocycles. The summed E-state index contributed by atoms with van der Waals surface area (Å²) in [4.78, 5) is 26.2. The molecular formula is C17H27N3O2S. The van der Waals surface area contributed by atoms with Gasteiger partial charge in [-0.15, -0.1) is 0 Å². The zero-order chi connectivity index (χ0) is 16.7. The van der Waals surface area contributed by atoms with Crippen LogP contribution in [0.4, 0.5) is 0 Å². The van der Waals surface area contributed by atoms with Crippen molar-refractivity contribution in [3.63, 3.8) is 0 Å². The van der Waals surface area contributed by atoms with Gasteiger partial charge in [0.1, 0.15) is 0 Å². The molecule has 1 unspecified atom stereocenters. The van der Waals surface area contributed by atoms with Crippen LogP contribution in [0.25, 0.3) is 0 Å². The van der Waals surface area contributed by atoms with E-state index in [9.17, 15) is 9.59 Å². The van der Waals surface area contributed by atoms with Gasteiger partial charge in [0.2, 0.25) is 0 Å². The molecule has 1 fully saturated rings. The van der Waals surface area contributed by atoms with E-state index in [4.69, 9.17) is 0 Å². The zero-order valence-electron chi connectivity index (χ0n) is 14.0. The van der Waals surface area contributed by atoms with Crippen LogP contribution in [0.15, 0.2) is 16.8 Å². The summed E-state index contributed by atoms with van der Waals surface area (Å²) in [5.74, 6) is -0.747. The predicted molar refractivity (Wildman–Crippen MR) is 93.3 cm³/mol. The quantitative estimate of drug-likeness (QED) is 0.782. The van der Waals surface area contributed by atoms with E-state index >= 15 is 0 Å². The summed E-state index contributed by atoms with van der Waals surface area (Å²) in [6.07, 6.45) is 3.67. The Morgan fingerprint density at radius 3 is 2.35 bits per heavy atom. The van der Waals surface area contributed by atoms with Crippen LogP contribution in [0.3, 0.4) is 0 Å². The molecule has 2 N–H and O–H groups in total. The van der Waals surface area contributed by atoms with Gasteiger partial charge in [0.25, 0.3) is 0 Å². The Labute approximate surface area is 142 Å². The lowest BCUT2D eigenvalue weighted by Gasteiger charge is -2.34. The Balaban J connectivity index is 1.90. The molecule has 128 valence electrons. The van der Waals surface area contributed by atoms with E-state index in [1.54, 1.807) is 11.3 Å². The molecule has 5 nitrogen and oxygen atoms in total. The van der Waals surface area contributed by atoms with E-state index in [1.807, 2.05) is 13.8 Å². The second-order valence-electron chi connectivity index (χ2n) is 6.48. The average Bonchev–Trinajstić information content (AvgIpc) is 3.07. The van der Waals surface area contributed by atoms with Gasteiger partial charge < -0.3 is 10.6 Å². The van der Waals surface area contributed by atoms with Gasteiger partial charge in [-0.05, 0) is 54.2 Å². The lowest BCUT2D eigenvalue weighted by Crippen LogP contribution is -2.45. The van der Waals surface area contributed by atoms with Crippen LogP contribution in [-0.4, -0.2) is 42.9 Å². The largest absolute Gasteiger partial charge is 0.348 e. The number of amides is 2. The third-order valence-electron chi connectivity index (χ3n) is 4.09. The molecule has 1 aromatic rings. The molecule has 1 saturated heterocycles. The van der Waals surface area contributed by atoms with Crippen LogP contribution in [0.1, 0.15) is 44.7 Å². The summed E-state index contributed by atoms with van der Waals surface area (Å²) in [7, 11) is 0. The monoisotopic (exact) mass is 337 g/mol. The van der Waals surface area contributed by atoms with Crippen molar-refractivity contribution in [2.45, 2.75) is 39.2 Å². The third kappa shape index (κ3) is 5.62. The van der Waals surface area contributed by atoms with Gasteiger partial charge in [0, 0.05) is 13.1 Å². The number of thiophene rings is 1. The molecule has 1 aliphatic heterocycles. The van der Waals surface area contributed by atoms with Crippen LogP contribution in [0, 0.1) is 5.92 Å². The van der Waals surface area contributed by atoms with Gasteiger partial charge >= 0.3 is 11.8 Å². The van der Waals surface area contributed by atoms with Gasteiger partial charge in [-0.1, -0.05) is 20.3 Å². The van der Waals surface area contributed by atoms with E-state index in [0.29, 0.717) is 19.0 Å². The summed E-state index contributed by atoms with van der Waals surface area (Å²) >= 11 is 1.67. The number of piperidine rings is 1. The molecule has 0 saturated carbocycles. The number of likely N-dealkylation sites (tertiary alicyclic amines) is 1. The zero-order valence-corrected chi connectivity index (χ0v) is 14.8. The van der Waals surface area contributed by atoms with Crippen LogP contribution in [0.2, 0.25) is 0 Å². The van der Waals surface area contributed by atoms with Crippen molar-refractivity contribution >= 4 is 23.2 Å². The fourth-order valence-electron chi connectivity index (χ4n) is 2.80. The first kappa shape index (κ1) is 17.9. The molecule has 1 atom stereocenters. The smallest absolute Gasteiger partial charge is 0.309 e. The minimum atomic E-state index is -0.540. The van der Waals surface area contributed by atoms with Crippen molar-refractivity contribution in [1.82, 2.24) is 15.5 Å². The van der Waals surface area contributed by atoms with E-state index < -0.39 is 11.8 Å². The number of hydrogen-bond acceptors (Lipinski definition) is 4. The minimum Gasteiger partial charge on any atom is -0.348 e. The van der Waals surface area contributed by atoms with Crippen LogP contribution < -0.4 is 10.6 Å². The molecule has 0 radical (unpaired) electrons. The number of carbonyl (C=O) groups is 2. The van der Waals surface area contributed by atoms with Crippen molar-refractivity contribution in [1.29, 1.82) is 0 Å². The van der Waals surface area contributed by atoms with Gasteiger partial charge in [0.05, 0.1) is 6.04 Å². The van der Waals surface area contributed by atoms with Crippen molar-refractivity contribution in [2.24, 2.45) is 5.92 Å². The lowest BCUT2D eigenvalue weighted by atomic mass is 10.0. The Morgan fingerprint density at radius 2 is 1.78 bits per heavy atom. The highest BCUT2D eigenvalue weighted by molar-refractivity contribution is 7.07.